The highest BCUT2D eigenvalue weighted by molar-refractivity contribution is 6.21. The first-order valence-corrected chi connectivity index (χ1v) is 8.65. The summed E-state index contributed by atoms with van der Waals surface area (Å²) < 4.78 is 10.5. The van der Waals surface area contributed by atoms with E-state index in [1.807, 2.05) is 0 Å². The van der Waals surface area contributed by atoms with Crippen LogP contribution in [0.25, 0.3) is 0 Å². The summed E-state index contributed by atoms with van der Waals surface area (Å²) in [6.07, 6.45) is -0.0999. The molecule has 8 nitrogen and oxygen atoms in total. The lowest BCUT2D eigenvalue weighted by Gasteiger charge is -2.14. The maximum Gasteiger partial charge on any atom is 0.261 e. The SMILES string of the molecule is CC(=O)c1cc2c(cc1NC(=O)CCN1C(=O)c3ccccc3C1=O)OCO2. The van der Waals surface area contributed by atoms with Crippen molar-refractivity contribution in [2.75, 3.05) is 18.7 Å². The minimum Gasteiger partial charge on any atom is -0.454 e. The molecular weight excluding hydrogens is 364 g/mol. The maximum atomic E-state index is 12.4. The molecule has 2 aromatic carbocycles. The second kappa shape index (κ2) is 6.80. The number of carbonyl (C=O) groups is 4. The number of rotatable bonds is 5. The Morgan fingerprint density at radius 1 is 1.04 bits per heavy atom. The smallest absolute Gasteiger partial charge is 0.261 e. The van der Waals surface area contributed by atoms with Crippen LogP contribution >= 0.6 is 0 Å². The van der Waals surface area contributed by atoms with E-state index in [-0.39, 0.29) is 25.5 Å². The zero-order valence-electron chi connectivity index (χ0n) is 15.0. The second-order valence-corrected chi connectivity index (χ2v) is 6.41. The molecule has 2 heterocycles. The topological polar surface area (TPSA) is 102 Å². The largest absolute Gasteiger partial charge is 0.454 e. The molecule has 28 heavy (non-hydrogen) atoms. The molecule has 1 N–H and O–H groups in total. The Hall–Kier alpha value is -3.68. The summed E-state index contributed by atoms with van der Waals surface area (Å²) in [5.74, 6) is -0.636. The van der Waals surface area contributed by atoms with Gasteiger partial charge in [0.15, 0.2) is 17.3 Å². The number of carbonyl (C=O) groups excluding carboxylic acids is 4. The van der Waals surface area contributed by atoms with Gasteiger partial charge in [-0.2, -0.15) is 0 Å². The van der Waals surface area contributed by atoms with Gasteiger partial charge >= 0.3 is 0 Å². The molecule has 3 amide bonds. The quantitative estimate of drug-likeness (QED) is 0.630. The lowest BCUT2D eigenvalue weighted by atomic mass is 10.1. The van der Waals surface area contributed by atoms with E-state index in [2.05, 4.69) is 5.32 Å². The zero-order chi connectivity index (χ0) is 19.8. The van der Waals surface area contributed by atoms with Gasteiger partial charge in [-0.3, -0.25) is 24.1 Å². The average molecular weight is 380 g/mol. The number of ether oxygens (including phenoxy) is 2. The molecule has 0 fully saturated rings. The Labute approximate surface area is 160 Å². The van der Waals surface area contributed by atoms with E-state index in [4.69, 9.17) is 9.47 Å². The van der Waals surface area contributed by atoms with Crippen LogP contribution in [0.3, 0.4) is 0 Å². The summed E-state index contributed by atoms with van der Waals surface area (Å²) in [4.78, 5) is 50.0. The fraction of sp³-hybridized carbons (Fsp3) is 0.200. The molecule has 2 aromatic rings. The Morgan fingerprint density at radius 3 is 2.25 bits per heavy atom. The van der Waals surface area contributed by atoms with Gasteiger partial charge in [-0.15, -0.1) is 0 Å². The van der Waals surface area contributed by atoms with Crippen LogP contribution in [0.15, 0.2) is 36.4 Å². The molecule has 0 aliphatic carbocycles. The van der Waals surface area contributed by atoms with Crippen molar-refractivity contribution in [3.05, 3.63) is 53.1 Å². The summed E-state index contributed by atoms with van der Waals surface area (Å²) in [6.45, 7) is 1.37. The molecule has 0 spiro atoms. The number of benzene rings is 2. The summed E-state index contributed by atoms with van der Waals surface area (Å²) in [6, 6.07) is 9.58. The molecular formula is C20H16N2O6. The Balaban J connectivity index is 1.46. The molecule has 8 heteroatoms. The van der Waals surface area contributed by atoms with Crippen molar-refractivity contribution in [2.24, 2.45) is 0 Å². The number of nitrogens with zero attached hydrogens (tertiary/aromatic N) is 1. The van der Waals surface area contributed by atoms with Crippen molar-refractivity contribution in [3.8, 4) is 11.5 Å². The lowest BCUT2D eigenvalue weighted by molar-refractivity contribution is -0.116. The number of amides is 3. The predicted octanol–water partition coefficient (Wildman–Crippen LogP) is 2.24. The van der Waals surface area contributed by atoms with Crippen molar-refractivity contribution in [3.63, 3.8) is 0 Å². The van der Waals surface area contributed by atoms with Crippen molar-refractivity contribution in [2.45, 2.75) is 13.3 Å². The third kappa shape index (κ3) is 2.98. The molecule has 142 valence electrons. The Morgan fingerprint density at radius 2 is 1.64 bits per heavy atom. The summed E-state index contributed by atoms with van der Waals surface area (Å²) in [7, 11) is 0. The summed E-state index contributed by atoms with van der Waals surface area (Å²) in [5, 5.41) is 2.65. The van der Waals surface area contributed by atoms with Gasteiger partial charge < -0.3 is 14.8 Å². The van der Waals surface area contributed by atoms with Crippen molar-refractivity contribution < 1.29 is 28.7 Å². The number of anilines is 1. The number of Topliss-reactive ketones (excluding diaryl/α,β-unsaturated/α-hetero) is 1. The van der Waals surface area contributed by atoms with E-state index >= 15 is 0 Å². The standard InChI is InChI=1S/C20H16N2O6/c1-11(23)14-8-16-17(28-10-27-16)9-15(14)21-18(24)6-7-22-19(25)12-4-2-3-5-13(12)20(22)26/h2-5,8-9H,6-7,10H2,1H3,(H,21,24). The van der Waals surface area contributed by atoms with Crippen LogP contribution in [0, 0.1) is 0 Å². The number of hydrogen-bond donors (Lipinski definition) is 1. The Kier molecular flexibility index (Phi) is 4.31. The van der Waals surface area contributed by atoms with Crippen molar-refractivity contribution >= 4 is 29.2 Å². The van der Waals surface area contributed by atoms with Crippen LogP contribution in [-0.2, 0) is 4.79 Å². The number of imide groups is 1. The predicted molar refractivity (Wildman–Crippen MR) is 97.6 cm³/mol. The molecule has 0 radical (unpaired) electrons. The average Bonchev–Trinajstić information content (AvgIpc) is 3.22. The highest BCUT2D eigenvalue weighted by Crippen LogP contribution is 2.37. The van der Waals surface area contributed by atoms with Crippen LogP contribution in [0.5, 0.6) is 11.5 Å². The normalized spacial score (nSPS) is 14.2. The molecule has 2 aliphatic rings. The lowest BCUT2D eigenvalue weighted by Crippen LogP contribution is -2.33. The van der Waals surface area contributed by atoms with Gasteiger partial charge in [0.05, 0.1) is 16.8 Å². The van der Waals surface area contributed by atoms with Gasteiger partial charge in [-0.1, -0.05) is 12.1 Å². The van der Waals surface area contributed by atoms with E-state index in [1.54, 1.807) is 24.3 Å². The van der Waals surface area contributed by atoms with E-state index in [0.717, 1.165) is 4.90 Å². The highest BCUT2D eigenvalue weighted by atomic mass is 16.7. The van der Waals surface area contributed by atoms with Gasteiger partial charge in [-0.05, 0) is 25.1 Å². The van der Waals surface area contributed by atoms with Crippen LogP contribution in [0.1, 0.15) is 44.4 Å². The highest BCUT2D eigenvalue weighted by Gasteiger charge is 2.35. The molecule has 0 aromatic heterocycles. The second-order valence-electron chi connectivity index (χ2n) is 6.41. The van der Waals surface area contributed by atoms with Crippen LogP contribution in [-0.4, -0.2) is 41.7 Å². The van der Waals surface area contributed by atoms with E-state index in [9.17, 15) is 19.2 Å². The van der Waals surface area contributed by atoms with Crippen LogP contribution in [0.2, 0.25) is 0 Å². The van der Waals surface area contributed by atoms with Gasteiger partial charge in [0, 0.05) is 24.6 Å². The summed E-state index contributed by atoms with van der Waals surface area (Å²) >= 11 is 0. The Bertz CT molecular complexity index is 994. The fourth-order valence-electron chi connectivity index (χ4n) is 3.20. The number of ketones is 1. The van der Waals surface area contributed by atoms with Gasteiger partial charge in [-0.25, -0.2) is 0 Å². The molecule has 0 unspecified atom stereocenters. The van der Waals surface area contributed by atoms with Gasteiger partial charge in [0.2, 0.25) is 12.7 Å². The zero-order valence-corrected chi connectivity index (χ0v) is 15.0. The third-order valence-corrected chi connectivity index (χ3v) is 4.61. The molecule has 0 atom stereocenters. The number of hydrogen-bond acceptors (Lipinski definition) is 6. The molecule has 4 rings (SSSR count). The minimum absolute atomic E-state index is 0.0455. The fourth-order valence-corrected chi connectivity index (χ4v) is 3.20. The van der Waals surface area contributed by atoms with Crippen LogP contribution in [0.4, 0.5) is 5.69 Å². The van der Waals surface area contributed by atoms with Gasteiger partial charge in [0.1, 0.15) is 0 Å². The van der Waals surface area contributed by atoms with Crippen LogP contribution < -0.4 is 14.8 Å². The van der Waals surface area contributed by atoms with E-state index in [0.29, 0.717) is 33.9 Å². The first kappa shape index (κ1) is 17.7. The van der Waals surface area contributed by atoms with Crippen molar-refractivity contribution in [1.29, 1.82) is 0 Å². The number of fused-ring (bicyclic) bond motifs is 2. The van der Waals surface area contributed by atoms with E-state index in [1.165, 1.54) is 19.1 Å². The molecule has 0 saturated heterocycles. The van der Waals surface area contributed by atoms with E-state index < -0.39 is 17.7 Å². The first-order chi connectivity index (χ1) is 13.5. The first-order valence-electron chi connectivity index (χ1n) is 8.65. The third-order valence-electron chi connectivity index (χ3n) is 4.61. The van der Waals surface area contributed by atoms with Crippen molar-refractivity contribution in [1.82, 2.24) is 4.90 Å². The minimum atomic E-state index is -0.432. The molecule has 2 aliphatic heterocycles. The maximum absolute atomic E-state index is 12.4. The monoisotopic (exact) mass is 380 g/mol. The molecule has 0 bridgehead atoms. The van der Waals surface area contributed by atoms with Gasteiger partial charge in [0.25, 0.3) is 11.8 Å². The summed E-state index contributed by atoms with van der Waals surface area (Å²) in [5.41, 5.74) is 1.26. The molecule has 0 saturated carbocycles. The number of nitrogens with one attached hydrogen (secondary N) is 1.